The number of hydrogen-bond donors (Lipinski definition) is 0. The molecule has 1 atom stereocenters. The molecule has 9 nitrogen and oxygen atoms in total. The van der Waals surface area contributed by atoms with Crippen molar-refractivity contribution in [1.29, 1.82) is 0 Å². The summed E-state index contributed by atoms with van der Waals surface area (Å²) in [7, 11) is 1.71. The van der Waals surface area contributed by atoms with E-state index >= 15 is 0 Å². The van der Waals surface area contributed by atoms with Gasteiger partial charge in [0.15, 0.2) is 11.6 Å². The van der Waals surface area contributed by atoms with Gasteiger partial charge in [0.1, 0.15) is 23.5 Å². The third kappa shape index (κ3) is 5.52. The summed E-state index contributed by atoms with van der Waals surface area (Å²) in [5.74, 6) is 1.46. The second-order valence-corrected chi connectivity index (χ2v) is 12.6. The monoisotopic (exact) mass is 561 g/mol. The number of pyridine rings is 1. The number of aromatic nitrogens is 3. The van der Waals surface area contributed by atoms with Gasteiger partial charge >= 0.3 is 6.09 Å². The van der Waals surface area contributed by atoms with Gasteiger partial charge in [-0.05, 0) is 76.1 Å². The molecule has 2 aromatic heterocycles. The number of rotatable bonds is 5. The third-order valence-electron chi connectivity index (χ3n) is 8.27. The van der Waals surface area contributed by atoms with Gasteiger partial charge < -0.3 is 23.8 Å². The molecule has 4 heterocycles. The molecule has 10 heteroatoms. The summed E-state index contributed by atoms with van der Waals surface area (Å²) in [5.41, 5.74) is 1.45. The van der Waals surface area contributed by atoms with E-state index < -0.39 is 11.4 Å². The van der Waals surface area contributed by atoms with Crippen LogP contribution in [0.5, 0.6) is 11.5 Å². The maximum Gasteiger partial charge on any atom is 0.410 e. The van der Waals surface area contributed by atoms with Crippen LogP contribution in [-0.4, -0.2) is 57.3 Å². The van der Waals surface area contributed by atoms with E-state index in [2.05, 4.69) is 14.9 Å². The zero-order valence-electron chi connectivity index (χ0n) is 24.0. The normalized spacial score (nSPS) is 20.6. The van der Waals surface area contributed by atoms with E-state index in [1.807, 2.05) is 26.8 Å². The van der Waals surface area contributed by atoms with Gasteiger partial charge in [0, 0.05) is 50.3 Å². The first-order chi connectivity index (χ1) is 19.5. The number of likely N-dealkylation sites (tertiary alicyclic amines) is 1. The molecule has 3 aromatic rings. The van der Waals surface area contributed by atoms with Crippen molar-refractivity contribution in [3.63, 3.8) is 0 Å². The lowest BCUT2D eigenvalue weighted by Crippen LogP contribution is -2.37. The van der Waals surface area contributed by atoms with Crippen LogP contribution >= 0.6 is 0 Å². The molecule has 1 aromatic carbocycles. The van der Waals surface area contributed by atoms with Crippen LogP contribution in [0.4, 0.5) is 15.0 Å². The molecule has 2 aliphatic heterocycles. The zero-order valence-corrected chi connectivity index (χ0v) is 24.0. The summed E-state index contributed by atoms with van der Waals surface area (Å²) >= 11 is 0. The van der Waals surface area contributed by atoms with Gasteiger partial charge in [0.2, 0.25) is 0 Å². The first-order valence-corrected chi connectivity index (χ1v) is 14.2. The van der Waals surface area contributed by atoms with E-state index in [9.17, 15) is 14.0 Å². The summed E-state index contributed by atoms with van der Waals surface area (Å²) in [6.07, 6.45) is 6.71. The number of benzene rings is 1. The summed E-state index contributed by atoms with van der Waals surface area (Å²) in [6, 6.07) is 7.79. The molecule has 1 saturated carbocycles. The highest BCUT2D eigenvalue weighted by Gasteiger charge is 2.46. The number of nitrogens with zero attached hydrogens (tertiary/aromatic N) is 5. The van der Waals surface area contributed by atoms with Gasteiger partial charge in [0.05, 0.1) is 11.9 Å². The summed E-state index contributed by atoms with van der Waals surface area (Å²) < 4.78 is 28.2. The quantitative estimate of drug-likeness (QED) is 0.407. The first-order valence-electron chi connectivity index (χ1n) is 14.2. The van der Waals surface area contributed by atoms with Gasteiger partial charge in [-0.15, -0.1) is 0 Å². The Hall–Kier alpha value is -3.95. The number of halogens is 1. The van der Waals surface area contributed by atoms with Crippen molar-refractivity contribution in [2.75, 3.05) is 31.1 Å². The Morgan fingerprint density at radius 2 is 1.85 bits per heavy atom. The van der Waals surface area contributed by atoms with E-state index in [0.717, 1.165) is 44.3 Å². The fourth-order valence-electron chi connectivity index (χ4n) is 6.10. The maximum atomic E-state index is 14.6. The number of carbonyl (C=O) groups is 1. The Labute approximate surface area is 238 Å². The first kappa shape index (κ1) is 27.2. The SMILES string of the molecule is Cn1c(-c2cc(F)ccc2Oc2cncnc2N2CCC3(CCN(C(=O)OC(C)(C)C)C3)C2)c(C2CC2)ccc1=O. The van der Waals surface area contributed by atoms with Crippen molar-refractivity contribution >= 4 is 11.9 Å². The summed E-state index contributed by atoms with van der Waals surface area (Å²) in [5, 5.41) is 0. The van der Waals surface area contributed by atoms with Crippen molar-refractivity contribution in [1.82, 2.24) is 19.4 Å². The maximum absolute atomic E-state index is 14.6. The Bertz CT molecular complexity index is 1550. The Morgan fingerprint density at radius 1 is 1.07 bits per heavy atom. The van der Waals surface area contributed by atoms with Crippen LogP contribution in [0.3, 0.4) is 0 Å². The van der Waals surface area contributed by atoms with Crippen molar-refractivity contribution in [2.24, 2.45) is 12.5 Å². The third-order valence-corrected chi connectivity index (χ3v) is 8.27. The highest BCUT2D eigenvalue weighted by molar-refractivity contribution is 5.73. The number of hydrogen-bond acceptors (Lipinski definition) is 7. The molecule has 0 radical (unpaired) electrons. The zero-order chi connectivity index (χ0) is 28.9. The van der Waals surface area contributed by atoms with Gasteiger partial charge in [-0.2, -0.15) is 0 Å². The molecule has 1 aliphatic carbocycles. The lowest BCUT2D eigenvalue weighted by Gasteiger charge is -2.27. The minimum atomic E-state index is -0.535. The van der Waals surface area contributed by atoms with Crippen LogP contribution < -0.4 is 15.2 Å². The average Bonchev–Trinajstić information content (AvgIpc) is 3.55. The van der Waals surface area contributed by atoms with Crippen LogP contribution in [0, 0.1) is 11.2 Å². The van der Waals surface area contributed by atoms with Crippen molar-refractivity contribution in [3.05, 3.63) is 64.6 Å². The van der Waals surface area contributed by atoms with Crippen molar-refractivity contribution in [3.8, 4) is 22.8 Å². The minimum Gasteiger partial charge on any atom is -0.451 e. The van der Waals surface area contributed by atoms with Gasteiger partial charge in [0.25, 0.3) is 5.56 Å². The summed E-state index contributed by atoms with van der Waals surface area (Å²) in [4.78, 5) is 38.1. The van der Waals surface area contributed by atoms with E-state index in [-0.39, 0.29) is 17.1 Å². The van der Waals surface area contributed by atoms with Crippen LogP contribution in [0.25, 0.3) is 11.3 Å². The second kappa shape index (κ2) is 10.2. The number of anilines is 1. The molecule has 3 aliphatic rings. The van der Waals surface area contributed by atoms with Gasteiger partial charge in [-0.1, -0.05) is 6.07 Å². The molecule has 41 heavy (non-hydrogen) atoms. The number of carbonyl (C=O) groups excluding carboxylic acids is 1. The molecule has 1 spiro atoms. The molecular formula is C31H36FN5O4. The largest absolute Gasteiger partial charge is 0.451 e. The van der Waals surface area contributed by atoms with E-state index in [0.29, 0.717) is 47.6 Å². The highest BCUT2D eigenvalue weighted by atomic mass is 19.1. The predicted molar refractivity (Wildman–Crippen MR) is 153 cm³/mol. The highest BCUT2D eigenvalue weighted by Crippen LogP contribution is 2.47. The van der Waals surface area contributed by atoms with Gasteiger partial charge in [-0.3, -0.25) is 4.79 Å². The Morgan fingerprint density at radius 3 is 2.61 bits per heavy atom. The molecule has 216 valence electrons. The lowest BCUT2D eigenvalue weighted by atomic mass is 9.86. The van der Waals surface area contributed by atoms with E-state index in [1.165, 1.54) is 18.5 Å². The molecule has 3 fully saturated rings. The lowest BCUT2D eigenvalue weighted by molar-refractivity contribution is 0.0276. The topological polar surface area (TPSA) is 89.8 Å². The second-order valence-electron chi connectivity index (χ2n) is 12.6. The standard InChI is InChI=1S/C31H36FN5O4/c1-30(2,3)41-29(39)37-14-12-31(18-37)11-13-36(17-31)28-25(16-33-19-34-28)40-24-9-7-21(32)15-23(24)27-22(20-5-6-20)8-10-26(38)35(27)4/h7-10,15-16,19-20H,5-6,11-14,17-18H2,1-4H3. The smallest absolute Gasteiger partial charge is 0.410 e. The van der Waals surface area contributed by atoms with Gasteiger partial charge in [-0.25, -0.2) is 19.2 Å². The van der Waals surface area contributed by atoms with Crippen LogP contribution in [0.1, 0.15) is 57.9 Å². The number of amides is 1. The molecule has 0 bridgehead atoms. The average molecular weight is 562 g/mol. The molecule has 2 saturated heterocycles. The molecule has 1 amide bonds. The Kier molecular flexibility index (Phi) is 6.74. The van der Waals surface area contributed by atoms with E-state index in [4.69, 9.17) is 9.47 Å². The van der Waals surface area contributed by atoms with E-state index in [1.54, 1.807) is 34.8 Å². The fraction of sp³-hybridized carbons (Fsp3) is 0.484. The molecular weight excluding hydrogens is 525 g/mol. The molecule has 0 N–H and O–H groups in total. The minimum absolute atomic E-state index is 0.0539. The Balaban J connectivity index is 1.27. The van der Waals surface area contributed by atoms with Crippen LogP contribution in [0.15, 0.2) is 47.7 Å². The van der Waals surface area contributed by atoms with Crippen LogP contribution in [-0.2, 0) is 11.8 Å². The van der Waals surface area contributed by atoms with Crippen molar-refractivity contribution < 1.29 is 18.7 Å². The predicted octanol–water partition coefficient (Wildman–Crippen LogP) is 5.49. The molecule has 1 unspecified atom stereocenters. The van der Waals surface area contributed by atoms with Crippen molar-refractivity contribution in [2.45, 2.75) is 58.0 Å². The molecule has 6 rings (SSSR count). The summed E-state index contributed by atoms with van der Waals surface area (Å²) in [6.45, 7) is 8.39. The fourth-order valence-corrected chi connectivity index (χ4v) is 6.10. The van der Waals surface area contributed by atoms with Crippen LogP contribution in [0.2, 0.25) is 0 Å². The number of ether oxygens (including phenoxy) is 2.